The van der Waals surface area contributed by atoms with E-state index in [0.29, 0.717) is 21.4 Å². The molecule has 2 aromatic carbocycles. The third-order valence-electron chi connectivity index (χ3n) is 3.47. The lowest BCUT2D eigenvalue weighted by Crippen LogP contribution is -2.58. The molecule has 0 aromatic heterocycles. The van der Waals surface area contributed by atoms with Gasteiger partial charge in [0.25, 0.3) is 5.91 Å². The second kappa shape index (κ2) is 7.04. The maximum Gasteiger partial charge on any atom is 0.335 e. The van der Waals surface area contributed by atoms with Gasteiger partial charge >= 0.3 is 6.03 Å². The van der Waals surface area contributed by atoms with Crippen LogP contribution < -0.4 is 10.2 Å². The molecule has 1 aliphatic rings. The maximum absolute atomic E-state index is 12.6. The average Bonchev–Trinajstić information content (AvgIpc) is 2.56. The molecule has 0 saturated carbocycles. The number of anilines is 1. The van der Waals surface area contributed by atoms with Gasteiger partial charge in [0.05, 0.1) is 11.4 Å². The number of nitrogens with one attached hydrogen (secondary N) is 1. The van der Waals surface area contributed by atoms with Crippen molar-refractivity contribution in [3.05, 3.63) is 58.6 Å². The quantitative estimate of drug-likeness (QED) is 0.657. The largest absolute Gasteiger partial charge is 0.335 e. The number of halogens is 2. The van der Waals surface area contributed by atoms with E-state index in [1.165, 1.54) is 18.3 Å². The summed E-state index contributed by atoms with van der Waals surface area (Å²) in [5, 5.41) is 3.09. The topological polar surface area (TPSA) is 78.8 Å². The number of hydrogen-bond acceptors (Lipinski definition) is 4. The summed E-state index contributed by atoms with van der Waals surface area (Å²) in [5.74, 6) is -2.65. The van der Waals surface area contributed by atoms with Crippen molar-refractivity contribution in [2.24, 2.45) is 10.9 Å². The van der Waals surface area contributed by atoms with E-state index in [0.717, 1.165) is 4.90 Å². The number of nitrogens with zero attached hydrogens (tertiary/aromatic N) is 2. The van der Waals surface area contributed by atoms with Crippen molar-refractivity contribution in [1.29, 1.82) is 0 Å². The van der Waals surface area contributed by atoms with E-state index in [2.05, 4.69) is 10.3 Å². The fourth-order valence-electron chi connectivity index (χ4n) is 2.27. The highest BCUT2D eigenvalue weighted by molar-refractivity contribution is 6.33. The molecule has 4 amide bonds. The van der Waals surface area contributed by atoms with E-state index in [-0.39, 0.29) is 0 Å². The van der Waals surface area contributed by atoms with Crippen LogP contribution in [0.3, 0.4) is 0 Å². The molecule has 6 nitrogen and oxygen atoms in total. The molecule has 1 heterocycles. The number of aliphatic imine (C=N–C) groups is 1. The SMILES string of the molecule is O=C1NC(=O)N(c2ccc(Cl)cc2)C(=O)[C@H]1C=Nc1cccc(Cl)c1. The van der Waals surface area contributed by atoms with Crippen LogP contribution in [0, 0.1) is 5.92 Å². The van der Waals surface area contributed by atoms with E-state index in [4.69, 9.17) is 23.2 Å². The molecule has 0 radical (unpaired) electrons. The highest BCUT2D eigenvalue weighted by Crippen LogP contribution is 2.23. The van der Waals surface area contributed by atoms with Crippen molar-refractivity contribution >= 4 is 58.6 Å². The first-order valence-corrected chi connectivity index (χ1v) is 7.95. The Balaban J connectivity index is 1.89. The molecule has 0 bridgehead atoms. The summed E-state index contributed by atoms with van der Waals surface area (Å²) in [7, 11) is 0. The maximum atomic E-state index is 12.6. The Morgan fingerprint density at radius 3 is 2.40 bits per heavy atom. The van der Waals surface area contributed by atoms with Gasteiger partial charge in [0, 0.05) is 16.3 Å². The van der Waals surface area contributed by atoms with Gasteiger partial charge in [-0.25, -0.2) is 9.69 Å². The van der Waals surface area contributed by atoms with Crippen molar-refractivity contribution in [2.75, 3.05) is 4.90 Å². The van der Waals surface area contributed by atoms with Crippen LogP contribution in [0.2, 0.25) is 10.0 Å². The number of carbonyl (C=O) groups is 3. The highest BCUT2D eigenvalue weighted by atomic mass is 35.5. The van der Waals surface area contributed by atoms with Gasteiger partial charge in [-0.3, -0.25) is 19.9 Å². The van der Waals surface area contributed by atoms with Crippen molar-refractivity contribution in [2.45, 2.75) is 0 Å². The molecule has 126 valence electrons. The second-order valence-corrected chi connectivity index (χ2v) is 6.05. The summed E-state index contributed by atoms with van der Waals surface area (Å²) in [6, 6.07) is 11.9. The first-order valence-electron chi connectivity index (χ1n) is 7.20. The summed E-state index contributed by atoms with van der Waals surface area (Å²) in [4.78, 5) is 41.7. The molecule has 1 fully saturated rings. The number of barbiturate groups is 1. The Hall–Kier alpha value is -2.70. The predicted molar refractivity (Wildman–Crippen MR) is 95.6 cm³/mol. The van der Waals surface area contributed by atoms with Crippen LogP contribution >= 0.6 is 23.2 Å². The lowest BCUT2D eigenvalue weighted by molar-refractivity contribution is -0.131. The zero-order chi connectivity index (χ0) is 18.0. The molecule has 2 aromatic rings. The lowest BCUT2D eigenvalue weighted by Gasteiger charge is -2.28. The standard InChI is InChI=1S/C17H11Cl2N3O3/c18-10-4-6-13(7-5-10)22-16(24)14(15(23)21-17(22)25)9-20-12-3-1-2-11(19)8-12/h1-9,14H,(H,21,23,25)/t14-/m0/s1. The Morgan fingerprint density at radius 2 is 1.72 bits per heavy atom. The van der Waals surface area contributed by atoms with Crippen LogP contribution in [0.1, 0.15) is 0 Å². The van der Waals surface area contributed by atoms with Crippen LogP contribution in [0.5, 0.6) is 0 Å². The number of benzene rings is 2. The number of carbonyl (C=O) groups excluding carboxylic acids is 3. The third kappa shape index (κ3) is 3.70. The van der Waals surface area contributed by atoms with Crippen molar-refractivity contribution in [3.63, 3.8) is 0 Å². The average molecular weight is 376 g/mol. The van der Waals surface area contributed by atoms with Crippen LogP contribution in [-0.2, 0) is 9.59 Å². The van der Waals surface area contributed by atoms with Gasteiger partial charge in [-0.2, -0.15) is 0 Å². The van der Waals surface area contributed by atoms with E-state index in [9.17, 15) is 14.4 Å². The number of hydrogen-bond donors (Lipinski definition) is 1. The Bertz CT molecular complexity index is 881. The summed E-state index contributed by atoms with van der Waals surface area (Å²) in [5.41, 5.74) is 0.795. The van der Waals surface area contributed by atoms with Crippen molar-refractivity contribution in [1.82, 2.24) is 5.32 Å². The van der Waals surface area contributed by atoms with Gasteiger partial charge in [0.15, 0.2) is 5.92 Å². The first-order chi connectivity index (χ1) is 12.0. The van der Waals surface area contributed by atoms with Crippen LogP contribution in [0.4, 0.5) is 16.2 Å². The molecular formula is C17H11Cl2N3O3. The third-order valence-corrected chi connectivity index (χ3v) is 3.95. The van der Waals surface area contributed by atoms with Gasteiger partial charge in [-0.15, -0.1) is 0 Å². The fourth-order valence-corrected chi connectivity index (χ4v) is 2.58. The highest BCUT2D eigenvalue weighted by Gasteiger charge is 2.40. The minimum atomic E-state index is -1.23. The summed E-state index contributed by atoms with van der Waals surface area (Å²) in [6.07, 6.45) is 1.19. The van der Waals surface area contributed by atoms with Crippen LogP contribution in [0.25, 0.3) is 0 Å². The Morgan fingerprint density at radius 1 is 1.00 bits per heavy atom. The molecule has 0 unspecified atom stereocenters. The number of amides is 4. The van der Waals surface area contributed by atoms with Gasteiger partial charge in [0.1, 0.15) is 0 Å². The first kappa shape index (κ1) is 17.1. The van der Waals surface area contributed by atoms with Gasteiger partial charge in [-0.05, 0) is 42.5 Å². The molecule has 0 aliphatic carbocycles. The molecular weight excluding hydrogens is 365 g/mol. The van der Waals surface area contributed by atoms with E-state index < -0.39 is 23.8 Å². The summed E-state index contributed by atoms with van der Waals surface area (Å²) in [6.45, 7) is 0. The van der Waals surface area contributed by atoms with Crippen molar-refractivity contribution in [3.8, 4) is 0 Å². The molecule has 3 rings (SSSR count). The number of imide groups is 2. The van der Waals surface area contributed by atoms with Crippen LogP contribution in [-0.4, -0.2) is 24.1 Å². The molecule has 1 saturated heterocycles. The second-order valence-electron chi connectivity index (χ2n) is 5.18. The zero-order valence-corrected chi connectivity index (χ0v) is 14.2. The Labute approximate surface area is 153 Å². The van der Waals surface area contributed by atoms with Gasteiger partial charge in [0.2, 0.25) is 5.91 Å². The minimum Gasteiger partial charge on any atom is -0.276 e. The fraction of sp³-hybridized carbons (Fsp3) is 0.0588. The van der Waals surface area contributed by atoms with E-state index in [1.807, 2.05) is 0 Å². The molecule has 1 atom stereocenters. The smallest absolute Gasteiger partial charge is 0.276 e. The molecule has 0 spiro atoms. The van der Waals surface area contributed by atoms with Crippen molar-refractivity contribution < 1.29 is 14.4 Å². The lowest BCUT2D eigenvalue weighted by atomic mass is 10.1. The monoisotopic (exact) mass is 375 g/mol. The minimum absolute atomic E-state index is 0.306. The van der Waals surface area contributed by atoms with E-state index >= 15 is 0 Å². The van der Waals surface area contributed by atoms with E-state index in [1.54, 1.807) is 36.4 Å². The Kier molecular flexibility index (Phi) is 4.83. The molecule has 1 N–H and O–H groups in total. The van der Waals surface area contributed by atoms with Crippen LogP contribution in [0.15, 0.2) is 53.5 Å². The summed E-state index contributed by atoms with van der Waals surface area (Å²) < 4.78 is 0. The molecule has 1 aliphatic heterocycles. The number of urea groups is 1. The predicted octanol–water partition coefficient (Wildman–Crippen LogP) is 3.59. The zero-order valence-electron chi connectivity index (χ0n) is 12.6. The number of rotatable bonds is 3. The molecule has 8 heteroatoms. The van der Waals surface area contributed by atoms with Gasteiger partial charge < -0.3 is 0 Å². The molecule has 25 heavy (non-hydrogen) atoms. The van der Waals surface area contributed by atoms with Gasteiger partial charge in [-0.1, -0.05) is 29.3 Å². The summed E-state index contributed by atoms with van der Waals surface area (Å²) >= 11 is 11.7. The normalized spacial score (nSPS) is 17.9.